The van der Waals surface area contributed by atoms with Crippen LogP contribution in [0.4, 0.5) is 5.95 Å². The third-order valence-electron chi connectivity index (χ3n) is 5.18. The second kappa shape index (κ2) is 8.77. The molecular weight excluding hydrogens is 368 g/mol. The Morgan fingerprint density at radius 1 is 1.07 bits per heavy atom. The minimum atomic E-state index is -0.118. The molecule has 3 aromatic rings. The van der Waals surface area contributed by atoms with Crippen molar-refractivity contribution in [2.45, 2.75) is 19.3 Å². The molecule has 1 saturated heterocycles. The highest BCUT2D eigenvalue weighted by molar-refractivity contribution is 5.93. The van der Waals surface area contributed by atoms with Crippen LogP contribution in [0, 0.1) is 5.92 Å². The van der Waals surface area contributed by atoms with Crippen LogP contribution in [0.25, 0.3) is 11.0 Å². The number of piperidine rings is 1. The third-order valence-corrected chi connectivity index (χ3v) is 5.18. The van der Waals surface area contributed by atoms with Gasteiger partial charge >= 0.3 is 0 Å². The van der Waals surface area contributed by atoms with Crippen LogP contribution in [0.3, 0.4) is 0 Å². The van der Waals surface area contributed by atoms with Crippen LogP contribution in [0.2, 0.25) is 0 Å². The SMILES string of the molecule is O=C(Nc1nc2ccccc2[nH]1)C1CCN(C(=O)CCOc2ccccc2)CC1. The fourth-order valence-electron chi connectivity index (χ4n) is 3.55. The van der Waals surface area contributed by atoms with Crippen LogP contribution in [0.15, 0.2) is 54.6 Å². The molecule has 0 bridgehead atoms. The highest BCUT2D eigenvalue weighted by Gasteiger charge is 2.27. The van der Waals surface area contributed by atoms with Gasteiger partial charge in [0.2, 0.25) is 17.8 Å². The van der Waals surface area contributed by atoms with Crippen molar-refractivity contribution >= 4 is 28.8 Å². The number of amides is 2. The third kappa shape index (κ3) is 4.74. The van der Waals surface area contributed by atoms with Crippen molar-refractivity contribution < 1.29 is 14.3 Å². The Bertz CT molecular complexity index is 945. The fraction of sp³-hybridized carbons (Fsp3) is 0.318. The molecule has 7 heteroatoms. The summed E-state index contributed by atoms with van der Waals surface area (Å²) in [4.78, 5) is 34.3. The van der Waals surface area contributed by atoms with E-state index in [0.29, 0.717) is 44.9 Å². The zero-order chi connectivity index (χ0) is 20.1. The number of para-hydroxylation sites is 3. The van der Waals surface area contributed by atoms with Crippen molar-refractivity contribution in [2.24, 2.45) is 5.92 Å². The number of carbonyl (C=O) groups is 2. The van der Waals surface area contributed by atoms with Gasteiger partial charge in [0.05, 0.1) is 24.1 Å². The molecule has 4 rings (SSSR count). The summed E-state index contributed by atoms with van der Waals surface area (Å²) in [6.07, 6.45) is 1.64. The first-order chi connectivity index (χ1) is 14.2. The summed E-state index contributed by atoms with van der Waals surface area (Å²) in [6, 6.07) is 17.1. The predicted octanol–water partition coefficient (Wildman–Crippen LogP) is 3.21. The number of fused-ring (bicyclic) bond motifs is 1. The monoisotopic (exact) mass is 392 g/mol. The number of H-pyrrole nitrogens is 1. The van der Waals surface area contributed by atoms with Crippen LogP contribution in [0.1, 0.15) is 19.3 Å². The van der Waals surface area contributed by atoms with Crippen LogP contribution in [0.5, 0.6) is 5.75 Å². The van der Waals surface area contributed by atoms with Gasteiger partial charge < -0.3 is 14.6 Å². The maximum atomic E-state index is 12.6. The summed E-state index contributed by atoms with van der Waals surface area (Å²) < 4.78 is 5.60. The van der Waals surface area contributed by atoms with Crippen molar-refractivity contribution in [3.8, 4) is 5.75 Å². The first-order valence-corrected chi connectivity index (χ1v) is 9.90. The highest BCUT2D eigenvalue weighted by atomic mass is 16.5. The molecule has 2 heterocycles. The van der Waals surface area contributed by atoms with E-state index in [1.165, 1.54) is 0 Å². The molecule has 1 aliphatic heterocycles. The van der Waals surface area contributed by atoms with Gasteiger partial charge in [-0.15, -0.1) is 0 Å². The number of nitrogens with one attached hydrogen (secondary N) is 2. The summed E-state index contributed by atoms with van der Waals surface area (Å²) in [5.41, 5.74) is 1.71. The summed E-state index contributed by atoms with van der Waals surface area (Å²) >= 11 is 0. The van der Waals surface area contributed by atoms with Crippen molar-refractivity contribution in [2.75, 3.05) is 25.0 Å². The Morgan fingerprint density at radius 3 is 2.55 bits per heavy atom. The summed E-state index contributed by atoms with van der Waals surface area (Å²) in [5.74, 6) is 1.13. The number of anilines is 1. The van der Waals surface area contributed by atoms with Gasteiger partial charge in [0.25, 0.3) is 0 Å². The van der Waals surface area contributed by atoms with Crippen LogP contribution in [-0.4, -0.2) is 46.4 Å². The smallest absolute Gasteiger partial charge is 0.229 e. The topological polar surface area (TPSA) is 87.3 Å². The number of imidazole rings is 1. The molecule has 0 unspecified atom stereocenters. The van der Waals surface area contributed by atoms with E-state index in [1.54, 1.807) is 0 Å². The Kier molecular flexibility index (Phi) is 5.74. The van der Waals surface area contributed by atoms with Crippen LogP contribution < -0.4 is 10.1 Å². The van der Waals surface area contributed by atoms with E-state index in [1.807, 2.05) is 59.5 Å². The molecule has 1 aromatic heterocycles. The van der Waals surface area contributed by atoms with Crippen molar-refractivity contribution in [1.82, 2.24) is 14.9 Å². The average Bonchev–Trinajstić information content (AvgIpc) is 3.17. The first-order valence-electron chi connectivity index (χ1n) is 9.90. The van der Waals surface area contributed by atoms with E-state index in [4.69, 9.17) is 4.74 Å². The molecule has 7 nitrogen and oxygen atoms in total. The number of ether oxygens (including phenoxy) is 1. The number of benzene rings is 2. The highest BCUT2D eigenvalue weighted by Crippen LogP contribution is 2.21. The van der Waals surface area contributed by atoms with Crippen molar-refractivity contribution in [1.29, 1.82) is 0 Å². The lowest BCUT2D eigenvalue weighted by Gasteiger charge is -2.31. The fourth-order valence-corrected chi connectivity index (χ4v) is 3.55. The zero-order valence-corrected chi connectivity index (χ0v) is 16.1. The number of carbonyl (C=O) groups excluding carboxylic acids is 2. The van der Waals surface area contributed by atoms with E-state index in [0.717, 1.165) is 16.8 Å². The normalized spacial score (nSPS) is 14.7. The zero-order valence-electron chi connectivity index (χ0n) is 16.1. The molecule has 0 aliphatic carbocycles. The Balaban J connectivity index is 1.22. The quantitative estimate of drug-likeness (QED) is 0.674. The number of hydrogen-bond donors (Lipinski definition) is 2. The standard InChI is InChI=1S/C22H24N4O3/c27-20(12-15-29-17-6-2-1-3-7-17)26-13-10-16(11-14-26)21(28)25-22-23-18-8-4-5-9-19(18)24-22/h1-9,16H,10-15H2,(H2,23,24,25,28). The van der Waals surface area contributed by atoms with Gasteiger partial charge in [-0.25, -0.2) is 4.98 Å². The number of likely N-dealkylation sites (tertiary alicyclic amines) is 1. The summed E-state index contributed by atoms with van der Waals surface area (Å²) in [5, 5.41) is 2.87. The van der Waals surface area contributed by atoms with Crippen LogP contribution >= 0.6 is 0 Å². The van der Waals surface area contributed by atoms with E-state index in [9.17, 15) is 9.59 Å². The molecular formula is C22H24N4O3. The van der Waals surface area contributed by atoms with Gasteiger partial charge in [0, 0.05) is 19.0 Å². The van der Waals surface area contributed by atoms with Crippen LogP contribution in [-0.2, 0) is 9.59 Å². The Labute approximate surface area is 169 Å². The van der Waals surface area contributed by atoms with Crippen molar-refractivity contribution in [3.63, 3.8) is 0 Å². The first kappa shape index (κ1) is 19.0. The van der Waals surface area contributed by atoms with Gasteiger partial charge in [0.1, 0.15) is 5.75 Å². The summed E-state index contributed by atoms with van der Waals surface area (Å²) in [7, 11) is 0. The van der Waals surface area contributed by atoms with Gasteiger partial charge in [0.15, 0.2) is 0 Å². The van der Waals surface area contributed by atoms with E-state index in [2.05, 4.69) is 15.3 Å². The largest absolute Gasteiger partial charge is 0.493 e. The van der Waals surface area contributed by atoms with Gasteiger partial charge in [-0.1, -0.05) is 30.3 Å². The predicted molar refractivity (Wildman–Crippen MR) is 111 cm³/mol. The second-order valence-electron chi connectivity index (χ2n) is 7.16. The second-order valence-corrected chi connectivity index (χ2v) is 7.16. The van der Waals surface area contributed by atoms with E-state index < -0.39 is 0 Å². The molecule has 1 aliphatic rings. The lowest BCUT2D eigenvalue weighted by Crippen LogP contribution is -2.41. The molecule has 0 saturated carbocycles. The number of aromatic amines is 1. The molecule has 2 N–H and O–H groups in total. The molecule has 2 amide bonds. The number of nitrogens with zero attached hydrogens (tertiary/aromatic N) is 2. The summed E-state index contributed by atoms with van der Waals surface area (Å²) in [6.45, 7) is 1.53. The van der Waals surface area contributed by atoms with Gasteiger partial charge in [-0.3, -0.25) is 14.9 Å². The maximum Gasteiger partial charge on any atom is 0.229 e. The number of aromatic nitrogens is 2. The molecule has 1 fully saturated rings. The van der Waals surface area contributed by atoms with Gasteiger partial charge in [-0.2, -0.15) is 0 Å². The lowest BCUT2D eigenvalue weighted by molar-refractivity contribution is -0.135. The molecule has 0 spiro atoms. The van der Waals surface area contributed by atoms with E-state index >= 15 is 0 Å². The molecule has 150 valence electrons. The Hall–Kier alpha value is -3.35. The molecule has 29 heavy (non-hydrogen) atoms. The molecule has 0 atom stereocenters. The maximum absolute atomic E-state index is 12.6. The number of rotatable bonds is 6. The van der Waals surface area contributed by atoms with Gasteiger partial charge in [-0.05, 0) is 37.1 Å². The molecule has 0 radical (unpaired) electrons. The minimum absolute atomic E-state index is 0.0523. The van der Waals surface area contributed by atoms with E-state index in [-0.39, 0.29) is 17.7 Å². The van der Waals surface area contributed by atoms with Crippen molar-refractivity contribution in [3.05, 3.63) is 54.6 Å². The molecule has 2 aromatic carbocycles. The average molecular weight is 392 g/mol. The number of hydrogen-bond acceptors (Lipinski definition) is 4. The minimum Gasteiger partial charge on any atom is -0.493 e. The lowest BCUT2D eigenvalue weighted by atomic mass is 9.96. The Morgan fingerprint density at radius 2 is 1.79 bits per heavy atom.